The molecule has 1 unspecified atom stereocenters. The molecule has 0 saturated carbocycles. The molecule has 1 amide bonds. The highest BCUT2D eigenvalue weighted by atomic mass is 35.5. The van der Waals surface area contributed by atoms with Crippen molar-refractivity contribution >= 4 is 34.8 Å². The summed E-state index contributed by atoms with van der Waals surface area (Å²) < 4.78 is 0. The number of amides is 1. The van der Waals surface area contributed by atoms with Crippen molar-refractivity contribution in [3.8, 4) is 6.07 Å². The number of benzene rings is 3. The van der Waals surface area contributed by atoms with Crippen molar-refractivity contribution in [2.45, 2.75) is 31.9 Å². The molecule has 3 aromatic rings. The van der Waals surface area contributed by atoms with Gasteiger partial charge in [-0.05, 0) is 66.9 Å². The first-order chi connectivity index (χ1) is 18.2. The molecule has 1 saturated heterocycles. The number of nitrogens with zero attached hydrogens (tertiary/aromatic N) is 3. The number of aliphatic hydroxyl groups is 1. The minimum absolute atomic E-state index is 0.0604. The van der Waals surface area contributed by atoms with Crippen molar-refractivity contribution in [3.05, 3.63) is 99.0 Å². The fraction of sp³-hybridized carbons (Fsp3) is 0.333. The van der Waals surface area contributed by atoms with Gasteiger partial charge in [0.15, 0.2) is 0 Å². The zero-order valence-electron chi connectivity index (χ0n) is 21.6. The van der Waals surface area contributed by atoms with Crippen LogP contribution in [0.5, 0.6) is 0 Å². The standard InChI is InChI=1S/C30H32Cl2N4O2/c1-3-14-34-29(37)22-4-8-24(9-5-22)30(2,38)20-35-15-16-36(27-13-12-26(32)17-23(27)18-33)28(19-35)21-6-10-25(31)11-7-21/h4-13,17,28,38H,3,14-16,19-20H2,1-2H3,(H,34,37)/t28?,30-/m1/s1. The zero-order valence-corrected chi connectivity index (χ0v) is 23.1. The number of halogens is 2. The molecule has 0 aromatic heterocycles. The molecule has 0 radical (unpaired) electrons. The molecule has 0 aliphatic carbocycles. The smallest absolute Gasteiger partial charge is 0.251 e. The molecule has 0 spiro atoms. The molecule has 4 rings (SSSR count). The largest absolute Gasteiger partial charge is 0.384 e. The summed E-state index contributed by atoms with van der Waals surface area (Å²) >= 11 is 12.3. The number of piperazine rings is 1. The maximum Gasteiger partial charge on any atom is 0.251 e. The Morgan fingerprint density at radius 3 is 2.42 bits per heavy atom. The van der Waals surface area contributed by atoms with Crippen LogP contribution in [0, 0.1) is 11.3 Å². The lowest BCUT2D eigenvalue weighted by Crippen LogP contribution is -2.52. The molecular formula is C30H32Cl2N4O2. The lowest BCUT2D eigenvalue weighted by molar-refractivity contribution is 0.0103. The predicted molar refractivity (Wildman–Crippen MR) is 153 cm³/mol. The van der Waals surface area contributed by atoms with Crippen LogP contribution in [0.15, 0.2) is 66.7 Å². The Bertz CT molecular complexity index is 1300. The van der Waals surface area contributed by atoms with Crippen LogP contribution in [0.25, 0.3) is 0 Å². The van der Waals surface area contributed by atoms with Crippen LogP contribution in [-0.2, 0) is 5.60 Å². The minimum Gasteiger partial charge on any atom is -0.384 e. The molecule has 3 aromatic carbocycles. The van der Waals surface area contributed by atoms with Crippen LogP contribution < -0.4 is 10.2 Å². The van der Waals surface area contributed by atoms with Gasteiger partial charge in [-0.2, -0.15) is 5.26 Å². The van der Waals surface area contributed by atoms with Gasteiger partial charge in [0.1, 0.15) is 6.07 Å². The van der Waals surface area contributed by atoms with E-state index in [1.54, 1.807) is 31.2 Å². The van der Waals surface area contributed by atoms with E-state index in [-0.39, 0.29) is 11.9 Å². The first-order valence-electron chi connectivity index (χ1n) is 12.8. The number of hydrogen-bond donors (Lipinski definition) is 2. The molecule has 8 heteroatoms. The molecular weight excluding hydrogens is 519 g/mol. The Hall–Kier alpha value is -3.08. The van der Waals surface area contributed by atoms with E-state index in [2.05, 4.69) is 21.2 Å². The van der Waals surface area contributed by atoms with Crippen molar-refractivity contribution < 1.29 is 9.90 Å². The molecule has 38 heavy (non-hydrogen) atoms. The lowest BCUT2D eigenvalue weighted by atomic mass is 9.93. The summed E-state index contributed by atoms with van der Waals surface area (Å²) in [5.41, 5.74) is 2.63. The van der Waals surface area contributed by atoms with Crippen LogP contribution in [0.3, 0.4) is 0 Å². The minimum atomic E-state index is -1.12. The Kier molecular flexibility index (Phi) is 8.96. The fourth-order valence-electron chi connectivity index (χ4n) is 4.94. The van der Waals surface area contributed by atoms with Gasteiger partial charge in [-0.25, -0.2) is 0 Å². The SMILES string of the molecule is CCCNC(=O)c1ccc([C@](C)(O)CN2CCN(c3ccc(Cl)cc3C#N)C(c3ccc(Cl)cc3)C2)cc1. The third kappa shape index (κ3) is 6.48. The molecule has 1 fully saturated rings. The lowest BCUT2D eigenvalue weighted by Gasteiger charge is -2.45. The van der Waals surface area contributed by atoms with E-state index in [0.717, 1.165) is 23.2 Å². The van der Waals surface area contributed by atoms with Gasteiger partial charge in [-0.15, -0.1) is 0 Å². The number of β-amino-alcohol motifs (C(OH)–C–C–N with tert-alkyl or cyclic N) is 1. The fourth-order valence-corrected chi connectivity index (χ4v) is 5.24. The molecule has 6 nitrogen and oxygen atoms in total. The van der Waals surface area contributed by atoms with Crippen LogP contribution in [0.1, 0.15) is 53.4 Å². The summed E-state index contributed by atoms with van der Waals surface area (Å²) in [5.74, 6) is -0.112. The van der Waals surface area contributed by atoms with Gasteiger partial charge in [0.05, 0.1) is 22.9 Å². The maximum atomic E-state index is 12.3. The Labute approximate surface area is 234 Å². The third-order valence-electron chi connectivity index (χ3n) is 6.94. The van der Waals surface area contributed by atoms with Gasteiger partial charge in [0.2, 0.25) is 0 Å². The highest BCUT2D eigenvalue weighted by Crippen LogP contribution is 2.35. The van der Waals surface area contributed by atoms with E-state index in [0.29, 0.717) is 53.9 Å². The summed E-state index contributed by atoms with van der Waals surface area (Å²) in [7, 11) is 0. The molecule has 198 valence electrons. The number of nitriles is 1. The second-order valence-electron chi connectivity index (χ2n) is 9.88. The van der Waals surface area contributed by atoms with E-state index in [1.807, 2.05) is 49.4 Å². The summed E-state index contributed by atoms with van der Waals surface area (Å²) in [4.78, 5) is 16.7. The molecule has 2 atom stereocenters. The monoisotopic (exact) mass is 550 g/mol. The van der Waals surface area contributed by atoms with Crippen molar-refractivity contribution in [2.24, 2.45) is 0 Å². The molecule has 0 bridgehead atoms. The average Bonchev–Trinajstić information content (AvgIpc) is 2.92. The van der Waals surface area contributed by atoms with Crippen LogP contribution in [0.4, 0.5) is 5.69 Å². The zero-order chi connectivity index (χ0) is 27.3. The number of anilines is 1. The number of carbonyl (C=O) groups is 1. The van der Waals surface area contributed by atoms with Gasteiger partial charge in [-0.1, -0.05) is 54.4 Å². The van der Waals surface area contributed by atoms with Crippen molar-refractivity contribution in [1.82, 2.24) is 10.2 Å². The summed E-state index contributed by atoms with van der Waals surface area (Å²) in [6.07, 6.45) is 0.874. The van der Waals surface area contributed by atoms with Crippen molar-refractivity contribution in [3.63, 3.8) is 0 Å². The van der Waals surface area contributed by atoms with E-state index >= 15 is 0 Å². The number of hydrogen-bond acceptors (Lipinski definition) is 5. The van der Waals surface area contributed by atoms with Crippen molar-refractivity contribution in [2.75, 3.05) is 37.6 Å². The molecule has 1 aliphatic rings. The van der Waals surface area contributed by atoms with E-state index in [1.165, 1.54) is 0 Å². The van der Waals surface area contributed by atoms with E-state index < -0.39 is 5.60 Å². The Morgan fingerprint density at radius 1 is 1.08 bits per heavy atom. The third-order valence-corrected chi connectivity index (χ3v) is 7.43. The molecule has 1 aliphatic heterocycles. The molecule has 2 N–H and O–H groups in total. The van der Waals surface area contributed by atoms with Crippen LogP contribution >= 0.6 is 23.2 Å². The maximum absolute atomic E-state index is 12.3. The summed E-state index contributed by atoms with van der Waals surface area (Å²) in [6.45, 7) is 6.86. The number of rotatable bonds is 8. The van der Waals surface area contributed by atoms with Crippen LogP contribution in [0.2, 0.25) is 10.0 Å². The number of nitrogens with one attached hydrogen (secondary N) is 1. The van der Waals surface area contributed by atoms with E-state index in [4.69, 9.17) is 23.2 Å². The highest BCUT2D eigenvalue weighted by Gasteiger charge is 2.34. The summed E-state index contributed by atoms with van der Waals surface area (Å²) in [5, 5.41) is 25.3. The first-order valence-corrected chi connectivity index (χ1v) is 13.5. The quantitative estimate of drug-likeness (QED) is 0.371. The topological polar surface area (TPSA) is 79.6 Å². The number of carbonyl (C=O) groups excluding carboxylic acids is 1. The van der Waals surface area contributed by atoms with Crippen molar-refractivity contribution in [1.29, 1.82) is 5.26 Å². The van der Waals surface area contributed by atoms with Gasteiger partial charge < -0.3 is 15.3 Å². The second-order valence-corrected chi connectivity index (χ2v) is 10.7. The van der Waals surface area contributed by atoms with E-state index in [9.17, 15) is 15.2 Å². The summed E-state index contributed by atoms with van der Waals surface area (Å²) in [6, 6.07) is 22.5. The van der Waals surface area contributed by atoms with Gasteiger partial charge >= 0.3 is 0 Å². The normalized spacial score (nSPS) is 17.5. The Balaban J connectivity index is 1.55. The molecule has 1 heterocycles. The van der Waals surface area contributed by atoms with Gasteiger partial charge in [0, 0.05) is 48.3 Å². The predicted octanol–water partition coefficient (Wildman–Crippen LogP) is 5.78. The van der Waals surface area contributed by atoms with Gasteiger partial charge in [-0.3, -0.25) is 9.69 Å². The van der Waals surface area contributed by atoms with Crippen LogP contribution in [-0.4, -0.2) is 48.6 Å². The Morgan fingerprint density at radius 2 is 1.76 bits per heavy atom. The average molecular weight is 552 g/mol. The first kappa shape index (κ1) is 27.9. The second kappa shape index (κ2) is 12.2. The highest BCUT2D eigenvalue weighted by molar-refractivity contribution is 6.31. The van der Waals surface area contributed by atoms with Gasteiger partial charge in [0.25, 0.3) is 5.91 Å².